The van der Waals surface area contributed by atoms with Crippen LogP contribution in [0.5, 0.6) is 0 Å². The molecule has 3 heterocycles. The van der Waals surface area contributed by atoms with Crippen LogP contribution in [0.15, 0.2) is 48.7 Å². The van der Waals surface area contributed by atoms with Gasteiger partial charge >= 0.3 is 13.2 Å². The Morgan fingerprint density at radius 2 is 1.75 bits per heavy atom. The summed E-state index contributed by atoms with van der Waals surface area (Å²) in [6.07, 6.45) is 3.23. The zero-order chi connectivity index (χ0) is 28.9. The first-order chi connectivity index (χ1) is 18.8. The lowest BCUT2D eigenvalue weighted by Gasteiger charge is -2.32. The van der Waals surface area contributed by atoms with Gasteiger partial charge in [-0.3, -0.25) is 4.90 Å². The first-order valence-electron chi connectivity index (χ1n) is 13.8. The van der Waals surface area contributed by atoms with Gasteiger partial charge in [-0.25, -0.2) is 9.78 Å². The highest BCUT2D eigenvalue weighted by atomic mass is 16.7. The van der Waals surface area contributed by atoms with Gasteiger partial charge in [0.05, 0.1) is 40.8 Å². The third kappa shape index (κ3) is 5.39. The summed E-state index contributed by atoms with van der Waals surface area (Å²) in [6, 6.07) is 16.0. The van der Waals surface area contributed by atoms with Crippen LogP contribution in [-0.2, 0) is 14.0 Å². The molecule has 0 bridgehead atoms. The monoisotopic (exact) mass is 540 g/mol. The Labute approximate surface area is 236 Å². The van der Waals surface area contributed by atoms with E-state index in [0.717, 1.165) is 46.5 Å². The number of imidazole rings is 1. The van der Waals surface area contributed by atoms with Gasteiger partial charge in [-0.1, -0.05) is 36.4 Å². The zero-order valence-electron chi connectivity index (χ0n) is 24.4. The highest BCUT2D eigenvalue weighted by Crippen LogP contribution is 2.37. The molecule has 208 valence electrons. The van der Waals surface area contributed by atoms with Gasteiger partial charge in [-0.2, -0.15) is 5.26 Å². The fraction of sp³-hybridized carbons (Fsp3) is 0.452. The molecule has 1 aromatic heterocycles. The minimum Gasteiger partial charge on any atom is -0.444 e. The SMILES string of the molecule is CC(C)(C)OC(=O)N1CCCC1c1ncc(-c2ccc(-c3ccc(B4OC(C)(C)C(C)(C)O4)cc3C#N)cc2)[nH]1. The van der Waals surface area contributed by atoms with Crippen molar-refractivity contribution < 1.29 is 18.8 Å². The van der Waals surface area contributed by atoms with E-state index in [-0.39, 0.29) is 12.1 Å². The Balaban J connectivity index is 1.33. The molecule has 5 rings (SSSR count). The van der Waals surface area contributed by atoms with E-state index in [1.165, 1.54) is 0 Å². The molecular weight excluding hydrogens is 503 g/mol. The summed E-state index contributed by atoms with van der Waals surface area (Å²) in [7, 11) is -0.519. The summed E-state index contributed by atoms with van der Waals surface area (Å²) < 4.78 is 17.9. The van der Waals surface area contributed by atoms with Crippen molar-refractivity contribution >= 4 is 18.7 Å². The van der Waals surface area contributed by atoms with Crippen LogP contribution in [0.2, 0.25) is 0 Å². The number of rotatable bonds is 4. The lowest BCUT2D eigenvalue weighted by Crippen LogP contribution is -2.41. The summed E-state index contributed by atoms with van der Waals surface area (Å²) >= 11 is 0. The van der Waals surface area contributed by atoms with Gasteiger partial charge in [0.25, 0.3) is 0 Å². The topological polar surface area (TPSA) is 100 Å². The zero-order valence-corrected chi connectivity index (χ0v) is 24.4. The Bertz CT molecular complexity index is 1430. The number of aromatic amines is 1. The normalized spacial score (nSPS) is 20.0. The van der Waals surface area contributed by atoms with Gasteiger partial charge in [0.2, 0.25) is 0 Å². The van der Waals surface area contributed by atoms with Crippen LogP contribution in [0, 0.1) is 11.3 Å². The average molecular weight is 540 g/mol. The minimum absolute atomic E-state index is 0.136. The summed E-state index contributed by atoms with van der Waals surface area (Å²) in [4.78, 5) is 22.5. The van der Waals surface area contributed by atoms with Crippen LogP contribution in [0.1, 0.15) is 78.7 Å². The van der Waals surface area contributed by atoms with E-state index in [1.54, 1.807) is 11.1 Å². The standard InChI is InChI=1S/C31H37BN4O4/c1-29(2,3)38-28(37)36-16-8-9-26(36)27-34-19-25(35-27)21-12-10-20(11-13-21)24-15-14-23(17-22(24)18-33)32-39-30(4,5)31(6,7)40-32/h10-15,17,19,26H,8-9,16H2,1-7H3,(H,34,35). The number of nitriles is 1. The number of ether oxygens (including phenoxy) is 1. The predicted octanol–water partition coefficient (Wildman–Crippen LogP) is 5.99. The second-order valence-electron chi connectivity index (χ2n) is 12.6. The number of aromatic nitrogens is 2. The van der Waals surface area contributed by atoms with E-state index >= 15 is 0 Å². The molecule has 8 nitrogen and oxygen atoms in total. The van der Waals surface area contributed by atoms with Crippen molar-refractivity contribution in [1.82, 2.24) is 14.9 Å². The number of H-pyrrole nitrogens is 1. The van der Waals surface area contributed by atoms with Crippen LogP contribution < -0.4 is 5.46 Å². The first-order valence-corrected chi connectivity index (χ1v) is 13.8. The van der Waals surface area contributed by atoms with Crippen LogP contribution in [0.3, 0.4) is 0 Å². The van der Waals surface area contributed by atoms with Crippen molar-refractivity contribution in [3.8, 4) is 28.5 Å². The quantitative estimate of drug-likeness (QED) is 0.409. The highest BCUT2D eigenvalue weighted by molar-refractivity contribution is 6.62. The van der Waals surface area contributed by atoms with Crippen molar-refractivity contribution in [3.05, 3.63) is 60.0 Å². The number of benzene rings is 2. The number of hydrogen-bond acceptors (Lipinski definition) is 6. The van der Waals surface area contributed by atoms with E-state index in [2.05, 4.69) is 16.0 Å². The molecule has 0 saturated carbocycles. The predicted molar refractivity (Wildman–Crippen MR) is 155 cm³/mol. The molecule has 1 amide bonds. The molecule has 2 saturated heterocycles. The van der Waals surface area contributed by atoms with E-state index in [0.29, 0.717) is 12.1 Å². The molecule has 1 N–H and O–H groups in total. The molecule has 2 aliphatic heterocycles. The van der Waals surface area contributed by atoms with Gasteiger partial charge < -0.3 is 19.0 Å². The van der Waals surface area contributed by atoms with Crippen molar-refractivity contribution in [1.29, 1.82) is 5.26 Å². The van der Waals surface area contributed by atoms with Crippen LogP contribution in [0.4, 0.5) is 4.79 Å². The molecular formula is C31H37BN4O4. The van der Waals surface area contributed by atoms with Gasteiger partial charge in [0, 0.05) is 6.54 Å². The molecule has 40 heavy (non-hydrogen) atoms. The maximum absolute atomic E-state index is 12.7. The summed E-state index contributed by atoms with van der Waals surface area (Å²) in [5.41, 5.74) is 3.57. The number of carbonyl (C=O) groups excluding carboxylic acids is 1. The molecule has 3 aromatic rings. The second kappa shape index (κ2) is 10.1. The van der Waals surface area contributed by atoms with E-state index < -0.39 is 23.9 Å². The lowest BCUT2D eigenvalue weighted by molar-refractivity contribution is 0.00578. The lowest BCUT2D eigenvalue weighted by atomic mass is 9.77. The number of hydrogen-bond donors (Lipinski definition) is 1. The number of nitrogens with one attached hydrogen (secondary N) is 1. The number of amides is 1. The maximum atomic E-state index is 12.7. The Morgan fingerprint density at radius 3 is 2.38 bits per heavy atom. The molecule has 1 unspecified atom stereocenters. The fourth-order valence-electron chi connectivity index (χ4n) is 5.10. The molecule has 2 aliphatic rings. The largest absolute Gasteiger partial charge is 0.494 e. The molecule has 9 heteroatoms. The average Bonchev–Trinajstić information content (AvgIpc) is 3.60. The van der Waals surface area contributed by atoms with Crippen LogP contribution >= 0.6 is 0 Å². The first kappa shape index (κ1) is 27.9. The maximum Gasteiger partial charge on any atom is 0.494 e. The van der Waals surface area contributed by atoms with Gasteiger partial charge in [-0.05, 0) is 89.5 Å². The molecule has 2 fully saturated rings. The molecule has 0 spiro atoms. The van der Waals surface area contributed by atoms with E-state index in [1.807, 2.05) is 90.9 Å². The summed E-state index contributed by atoms with van der Waals surface area (Å²) in [5, 5.41) is 9.93. The van der Waals surface area contributed by atoms with E-state index in [9.17, 15) is 10.1 Å². The molecule has 1 atom stereocenters. The molecule has 0 aliphatic carbocycles. The van der Waals surface area contributed by atoms with Crippen LogP contribution in [0.25, 0.3) is 22.4 Å². The number of likely N-dealkylation sites (tertiary alicyclic amines) is 1. The Kier molecular flexibility index (Phi) is 7.05. The molecule has 2 aromatic carbocycles. The molecule has 0 radical (unpaired) electrons. The van der Waals surface area contributed by atoms with Crippen molar-refractivity contribution in [2.75, 3.05) is 6.54 Å². The Hall–Kier alpha value is -3.61. The fourth-order valence-corrected chi connectivity index (χ4v) is 5.10. The van der Waals surface area contributed by atoms with Gasteiger partial charge in [0.15, 0.2) is 0 Å². The number of carbonyl (C=O) groups is 1. The van der Waals surface area contributed by atoms with Crippen molar-refractivity contribution in [2.24, 2.45) is 0 Å². The van der Waals surface area contributed by atoms with Gasteiger partial charge in [0.1, 0.15) is 11.4 Å². The van der Waals surface area contributed by atoms with E-state index in [4.69, 9.17) is 14.0 Å². The van der Waals surface area contributed by atoms with Crippen molar-refractivity contribution in [3.63, 3.8) is 0 Å². The number of nitrogens with zero attached hydrogens (tertiary/aromatic N) is 3. The summed E-state index contributed by atoms with van der Waals surface area (Å²) in [5.74, 6) is 0.757. The minimum atomic E-state index is -0.544. The second-order valence-corrected chi connectivity index (χ2v) is 12.6. The van der Waals surface area contributed by atoms with Gasteiger partial charge in [-0.15, -0.1) is 0 Å². The third-order valence-corrected chi connectivity index (χ3v) is 7.99. The Morgan fingerprint density at radius 1 is 1.10 bits per heavy atom. The van der Waals surface area contributed by atoms with Crippen LogP contribution in [-0.4, -0.2) is 51.4 Å². The highest BCUT2D eigenvalue weighted by Gasteiger charge is 2.51. The summed E-state index contributed by atoms with van der Waals surface area (Å²) in [6.45, 7) is 14.3. The third-order valence-electron chi connectivity index (χ3n) is 7.99. The van der Waals surface area contributed by atoms with Crippen molar-refractivity contribution in [2.45, 2.75) is 84.2 Å². The smallest absolute Gasteiger partial charge is 0.444 e.